The summed E-state index contributed by atoms with van der Waals surface area (Å²) in [4.78, 5) is 12.7. The van der Waals surface area contributed by atoms with E-state index in [4.69, 9.17) is 4.74 Å². The summed E-state index contributed by atoms with van der Waals surface area (Å²) in [5.41, 5.74) is 2.79. The molecule has 0 aliphatic rings. The van der Waals surface area contributed by atoms with Crippen LogP contribution in [0.3, 0.4) is 0 Å². The first-order valence-corrected chi connectivity index (χ1v) is 11.7. The van der Waals surface area contributed by atoms with E-state index in [1.807, 2.05) is 61.5 Å². The van der Waals surface area contributed by atoms with Crippen molar-refractivity contribution in [2.75, 3.05) is 17.7 Å². The SMILES string of the molecule is COc1ccc([C@@H](C)NC(=O)c2ccc(N(Cc3ccccc3)S(C)(=O)=O)cc2)cc1. The molecule has 0 saturated carbocycles. The number of carbonyl (C=O) groups is 1. The van der Waals surface area contributed by atoms with Crippen molar-refractivity contribution >= 4 is 21.6 Å². The first kappa shape index (κ1) is 22.4. The molecule has 0 aliphatic carbocycles. The van der Waals surface area contributed by atoms with Gasteiger partial charge in [-0.15, -0.1) is 0 Å². The standard InChI is InChI=1S/C24H26N2O4S/c1-18(20-11-15-23(30-2)16-12-20)25-24(27)21-9-13-22(14-10-21)26(31(3,28)29)17-19-7-5-4-6-8-19/h4-16,18H,17H2,1-3H3,(H,25,27)/t18-/m1/s1. The topological polar surface area (TPSA) is 75.7 Å². The minimum atomic E-state index is -3.49. The molecule has 1 atom stereocenters. The van der Waals surface area contributed by atoms with Gasteiger partial charge < -0.3 is 10.1 Å². The zero-order chi connectivity index (χ0) is 22.4. The van der Waals surface area contributed by atoms with Crippen LogP contribution in [0.2, 0.25) is 0 Å². The minimum absolute atomic E-state index is 0.191. The number of hydrogen-bond acceptors (Lipinski definition) is 4. The van der Waals surface area contributed by atoms with E-state index in [1.54, 1.807) is 31.4 Å². The van der Waals surface area contributed by atoms with E-state index in [0.29, 0.717) is 11.3 Å². The van der Waals surface area contributed by atoms with Crippen LogP contribution in [-0.2, 0) is 16.6 Å². The van der Waals surface area contributed by atoms with Gasteiger partial charge in [0, 0.05) is 5.56 Å². The van der Waals surface area contributed by atoms with Gasteiger partial charge in [0.25, 0.3) is 5.91 Å². The Labute approximate surface area is 183 Å². The molecule has 0 radical (unpaired) electrons. The molecule has 3 rings (SSSR count). The Kier molecular flexibility index (Phi) is 6.97. The molecule has 3 aromatic carbocycles. The average Bonchev–Trinajstić information content (AvgIpc) is 2.77. The maximum atomic E-state index is 12.7. The number of benzene rings is 3. The van der Waals surface area contributed by atoms with Crippen LogP contribution in [0, 0.1) is 0 Å². The Balaban J connectivity index is 1.73. The Bertz CT molecular complexity index is 1110. The first-order valence-electron chi connectivity index (χ1n) is 9.84. The predicted octanol–water partition coefficient (Wildman–Crippen LogP) is 4.15. The molecule has 162 valence electrons. The van der Waals surface area contributed by atoms with Crippen LogP contribution in [-0.4, -0.2) is 27.7 Å². The number of anilines is 1. The number of rotatable bonds is 8. The summed E-state index contributed by atoms with van der Waals surface area (Å²) in [7, 11) is -1.88. The molecule has 7 heteroatoms. The highest BCUT2D eigenvalue weighted by Gasteiger charge is 2.19. The van der Waals surface area contributed by atoms with Crippen molar-refractivity contribution in [3.8, 4) is 5.75 Å². The summed E-state index contributed by atoms with van der Waals surface area (Å²) in [6, 6.07) is 23.2. The van der Waals surface area contributed by atoms with Crippen LogP contribution >= 0.6 is 0 Å². The molecule has 31 heavy (non-hydrogen) atoms. The molecule has 0 heterocycles. The third kappa shape index (κ3) is 5.86. The van der Waals surface area contributed by atoms with Crippen LogP contribution in [0.1, 0.15) is 34.5 Å². The van der Waals surface area contributed by atoms with E-state index in [0.717, 1.165) is 16.9 Å². The molecular weight excluding hydrogens is 412 g/mol. The van der Waals surface area contributed by atoms with Gasteiger partial charge >= 0.3 is 0 Å². The highest BCUT2D eigenvalue weighted by atomic mass is 32.2. The van der Waals surface area contributed by atoms with Crippen molar-refractivity contribution in [3.63, 3.8) is 0 Å². The molecule has 1 amide bonds. The predicted molar refractivity (Wildman–Crippen MR) is 123 cm³/mol. The lowest BCUT2D eigenvalue weighted by Gasteiger charge is -2.23. The monoisotopic (exact) mass is 438 g/mol. The summed E-state index contributed by atoms with van der Waals surface area (Å²) in [5, 5.41) is 2.96. The third-order valence-electron chi connectivity index (χ3n) is 4.95. The number of amides is 1. The Hall–Kier alpha value is -3.32. The van der Waals surface area contributed by atoms with Crippen molar-refractivity contribution in [2.24, 2.45) is 0 Å². The quantitative estimate of drug-likeness (QED) is 0.573. The van der Waals surface area contributed by atoms with Gasteiger partial charge in [-0.1, -0.05) is 42.5 Å². The van der Waals surface area contributed by atoms with E-state index in [9.17, 15) is 13.2 Å². The van der Waals surface area contributed by atoms with Crippen LogP contribution in [0.4, 0.5) is 5.69 Å². The van der Waals surface area contributed by atoms with Crippen molar-refractivity contribution in [2.45, 2.75) is 19.5 Å². The van der Waals surface area contributed by atoms with E-state index in [1.165, 1.54) is 10.6 Å². The lowest BCUT2D eigenvalue weighted by atomic mass is 10.1. The summed E-state index contributed by atoms with van der Waals surface area (Å²) < 4.78 is 31.2. The molecule has 0 fully saturated rings. The molecule has 0 aliphatic heterocycles. The lowest BCUT2D eigenvalue weighted by molar-refractivity contribution is 0.0940. The zero-order valence-corrected chi connectivity index (χ0v) is 18.6. The van der Waals surface area contributed by atoms with Gasteiger partial charge in [0.2, 0.25) is 10.0 Å². The van der Waals surface area contributed by atoms with E-state index >= 15 is 0 Å². The second-order valence-electron chi connectivity index (χ2n) is 7.27. The number of nitrogens with zero attached hydrogens (tertiary/aromatic N) is 1. The van der Waals surface area contributed by atoms with Gasteiger partial charge in [0.15, 0.2) is 0 Å². The van der Waals surface area contributed by atoms with Gasteiger partial charge in [0.1, 0.15) is 5.75 Å². The molecule has 1 N–H and O–H groups in total. The summed E-state index contributed by atoms with van der Waals surface area (Å²) in [6.07, 6.45) is 1.17. The van der Waals surface area contributed by atoms with Crippen molar-refractivity contribution in [1.82, 2.24) is 5.32 Å². The third-order valence-corrected chi connectivity index (χ3v) is 6.09. The normalized spacial score (nSPS) is 12.1. The lowest BCUT2D eigenvalue weighted by Crippen LogP contribution is -2.29. The van der Waals surface area contributed by atoms with Gasteiger partial charge in [-0.25, -0.2) is 8.42 Å². The molecule has 6 nitrogen and oxygen atoms in total. The summed E-state index contributed by atoms with van der Waals surface area (Å²) in [6.45, 7) is 2.12. The molecule has 0 bridgehead atoms. The van der Waals surface area contributed by atoms with Gasteiger partial charge in [-0.3, -0.25) is 9.10 Å². The maximum absolute atomic E-state index is 12.7. The fourth-order valence-corrected chi connectivity index (χ4v) is 4.07. The summed E-state index contributed by atoms with van der Waals surface area (Å²) >= 11 is 0. The first-order chi connectivity index (χ1) is 14.8. The number of ether oxygens (including phenoxy) is 1. The van der Waals surface area contributed by atoms with Gasteiger partial charge in [0.05, 0.1) is 31.6 Å². The van der Waals surface area contributed by atoms with Crippen LogP contribution in [0.5, 0.6) is 5.75 Å². The Morgan fingerprint density at radius 3 is 2.13 bits per heavy atom. The molecule has 3 aromatic rings. The van der Waals surface area contributed by atoms with Crippen molar-refractivity contribution in [3.05, 3.63) is 95.6 Å². The Morgan fingerprint density at radius 2 is 1.58 bits per heavy atom. The molecule has 0 saturated heterocycles. The minimum Gasteiger partial charge on any atom is -0.497 e. The largest absolute Gasteiger partial charge is 0.497 e. The van der Waals surface area contributed by atoms with E-state index in [2.05, 4.69) is 5.32 Å². The highest BCUT2D eigenvalue weighted by Crippen LogP contribution is 2.22. The van der Waals surface area contributed by atoms with Crippen LogP contribution < -0.4 is 14.4 Å². The van der Waals surface area contributed by atoms with Gasteiger partial charge in [-0.05, 0) is 54.4 Å². The number of sulfonamides is 1. The molecule has 0 unspecified atom stereocenters. The molecule has 0 spiro atoms. The molecular formula is C24H26N2O4S. The maximum Gasteiger partial charge on any atom is 0.251 e. The fourth-order valence-electron chi connectivity index (χ4n) is 3.18. The fraction of sp³-hybridized carbons (Fsp3) is 0.208. The number of carbonyl (C=O) groups excluding carboxylic acids is 1. The summed E-state index contributed by atoms with van der Waals surface area (Å²) in [5.74, 6) is 0.521. The van der Waals surface area contributed by atoms with Crippen LogP contribution in [0.15, 0.2) is 78.9 Å². The van der Waals surface area contributed by atoms with Crippen molar-refractivity contribution < 1.29 is 17.9 Å². The Morgan fingerprint density at radius 1 is 0.968 bits per heavy atom. The van der Waals surface area contributed by atoms with E-state index < -0.39 is 10.0 Å². The number of nitrogens with one attached hydrogen (secondary N) is 1. The number of hydrogen-bond donors (Lipinski definition) is 1. The number of methoxy groups -OCH3 is 1. The second kappa shape index (κ2) is 9.66. The van der Waals surface area contributed by atoms with Gasteiger partial charge in [-0.2, -0.15) is 0 Å². The smallest absolute Gasteiger partial charge is 0.251 e. The van der Waals surface area contributed by atoms with Crippen LogP contribution in [0.25, 0.3) is 0 Å². The average molecular weight is 439 g/mol. The van der Waals surface area contributed by atoms with E-state index in [-0.39, 0.29) is 18.5 Å². The van der Waals surface area contributed by atoms with Crippen molar-refractivity contribution in [1.29, 1.82) is 0 Å². The molecule has 0 aromatic heterocycles. The second-order valence-corrected chi connectivity index (χ2v) is 9.18. The highest BCUT2D eigenvalue weighted by molar-refractivity contribution is 7.92. The zero-order valence-electron chi connectivity index (χ0n) is 17.8.